The quantitative estimate of drug-likeness (QED) is 0.777. The van der Waals surface area contributed by atoms with Crippen molar-refractivity contribution in [1.82, 2.24) is 19.8 Å². The monoisotopic (exact) mass is 387 g/mol. The summed E-state index contributed by atoms with van der Waals surface area (Å²) in [5.74, 6) is 0.0923. The molecule has 9 nitrogen and oxygen atoms in total. The average molecular weight is 387 g/mol. The van der Waals surface area contributed by atoms with Gasteiger partial charge in [-0.05, 0) is 33.6 Å². The first-order valence-electron chi connectivity index (χ1n) is 9.44. The molecule has 9 heteroatoms. The van der Waals surface area contributed by atoms with Crippen LogP contribution in [0, 0.1) is 11.3 Å². The Morgan fingerprint density at radius 1 is 1.21 bits per heavy atom. The van der Waals surface area contributed by atoms with Crippen molar-refractivity contribution in [2.45, 2.75) is 57.8 Å². The lowest BCUT2D eigenvalue weighted by atomic mass is 10.2. The number of ether oxygens (including phenoxy) is 2. The fourth-order valence-electron chi connectivity index (χ4n) is 3.44. The van der Waals surface area contributed by atoms with Gasteiger partial charge in [0.05, 0.1) is 6.54 Å². The molecule has 2 atom stereocenters. The topological polar surface area (TPSA) is 109 Å². The van der Waals surface area contributed by atoms with E-state index in [4.69, 9.17) is 14.7 Å². The smallest absolute Gasteiger partial charge is 0.410 e. The summed E-state index contributed by atoms with van der Waals surface area (Å²) >= 11 is 0. The van der Waals surface area contributed by atoms with E-state index in [-0.39, 0.29) is 23.6 Å². The van der Waals surface area contributed by atoms with E-state index in [9.17, 15) is 9.59 Å². The molecule has 0 spiro atoms. The molecule has 1 aromatic rings. The Kier molecular flexibility index (Phi) is 5.68. The summed E-state index contributed by atoms with van der Waals surface area (Å²) in [4.78, 5) is 36.6. The normalized spacial score (nSPS) is 22.1. The molecule has 2 saturated heterocycles. The van der Waals surface area contributed by atoms with Crippen molar-refractivity contribution in [3.05, 3.63) is 18.1 Å². The molecule has 2 aliphatic rings. The third-order valence-corrected chi connectivity index (χ3v) is 4.67. The summed E-state index contributed by atoms with van der Waals surface area (Å²) in [5.41, 5.74) is -0.478. The maximum Gasteiger partial charge on any atom is 0.410 e. The zero-order valence-electron chi connectivity index (χ0n) is 16.4. The number of amides is 2. The van der Waals surface area contributed by atoms with Crippen LogP contribution in [0.3, 0.4) is 0 Å². The van der Waals surface area contributed by atoms with Crippen LogP contribution < -0.4 is 4.74 Å². The third kappa shape index (κ3) is 4.50. The molecule has 1 aromatic heterocycles. The van der Waals surface area contributed by atoms with Crippen LogP contribution in [-0.4, -0.2) is 69.1 Å². The zero-order chi connectivity index (χ0) is 20.3. The van der Waals surface area contributed by atoms with Crippen molar-refractivity contribution in [3.8, 4) is 11.9 Å². The molecule has 3 heterocycles. The van der Waals surface area contributed by atoms with E-state index < -0.39 is 17.7 Å². The van der Waals surface area contributed by atoms with Gasteiger partial charge in [0.25, 0.3) is 5.88 Å². The number of nitrogens with zero attached hydrogens (tertiary/aromatic N) is 5. The summed E-state index contributed by atoms with van der Waals surface area (Å²) in [5, 5.41) is 9.09. The minimum absolute atomic E-state index is 0.0888. The van der Waals surface area contributed by atoms with Crippen LogP contribution in [0.2, 0.25) is 0 Å². The molecule has 150 valence electrons. The fraction of sp³-hybridized carbons (Fsp3) is 0.632. The number of likely N-dealkylation sites (tertiary alicyclic amines) is 2. The molecule has 0 saturated carbocycles. The number of nitriles is 1. The van der Waals surface area contributed by atoms with Gasteiger partial charge >= 0.3 is 6.09 Å². The average Bonchev–Trinajstić information content (AvgIpc) is 3.30. The van der Waals surface area contributed by atoms with Gasteiger partial charge in [0.15, 0.2) is 0 Å². The van der Waals surface area contributed by atoms with Gasteiger partial charge in [0, 0.05) is 31.9 Å². The molecule has 2 aliphatic heterocycles. The highest BCUT2D eigenvalue weighted by molar-refractivity contribution is 5.86. The Hall–Kier alpha value is -2.89. The van der Waals surface area contributed by atoms with Crippen molar-refractivity contribution in [2.24, 2.45) is 0 Å². The number of aromatic nitrogens is 2. The van der Waals surface area contributed by atoms with Crippen LogP contribution in [0.15, 0.2) is 12.4 Å². The van der Waals surface area contributed by atoms with E-state index >= 15 is 0 Å². The Labute approximate surface area is 164 Å². The second-order valence-corrected chi connectivity index (χ2v) is 7.97. The van der Waals surface area contributed by atoms with Gasteiger partial charge in [-0.15, -0.1) is 0 Å². The first kappa shape index (κ1) is 19.9. The molecule has 28 heavy (non-hydrogen) atoms. The van der Waals surface area contributed by atoms with Gasteiger partial charge < -0.3 is 14.4 Å². The second-order valence-electron chi connectivity index (χ2n) is 7.97. The molecular weight excluding hydrogens is 362 g/mol. The lowest BCUT2D eigenvalue weighted by Crippen LogP contribution is -2.48. The van der Waals surface area contributed by atoms with Crippen LogP contribution in [0.4, 0.5) is 4.79 Å². The number of hydrogen-bond acceptors (Lipinski definition) is 7. The Morgan fingerprint density at radius 3 is 2.68 bits per heavy atom. The number of rotatable bonds is 3. The maximum atomic E-state index is 13.0. The summed E-state index contributed by atoms with van der Waals surface area (Å²) in [6, 6.07) is 1.45. The van der Waals surface area contributed by atoms with Crippen molar-refractivity contribution in [1.29, 1.82) is 5.26 Å². The molecule has 0 aliphatic carbocycles. The van der Waals surface area contributed by atoms with E-state index in [2.05, 4.69) is 9.97 Å². The second kappa shape index (κ2) is 8.00. The van der Waals surface area contributed by atoms with Gasteiger partial charge in [0.1, 0.15) is 23.8 Å². The highest BCUT2D eigenvalue weighted by Crippen LogP contribution is 2.25. The summed E-state index contributed by atoms with van der Waals surface area (Å²) < 4.78 is 11.2. The molecule has 3 rings (SSSR count). The van der Waals surface area contributed by atoms with Crippen molar-refractivity contribution in [2.75, 3.05) is 19.6 Å². The molecule has 2 fully saturated rings. The Bertz CT molecular complexity index is 785. The van der Waals surface area contributed by atoms with Crippen LogP contribution in [0.5, 0.6) is 5.88 Å². The van der Waals surface area contributed by atoms with E-state index in [1.165, 1.54) is 17.3 Å². The number of carbonyl (C=O) groups is 2. The van der Waals surface area contributed by atoms with Gasteiger partial charge in [-0.2, -0.15) is 5.26 Å². The molecular formula is C19H25N5O4. The first-order valence-corrected chi connectivity index (χ1v) is 9.44. The molecule has 0 aromatic carbocycles. The summed E-state index contributed by atoms with van der Waals surface area (Å²) in [6.07, 6.45) is 4.22. The largest absolute Gasteiger partial charge is 0.470 e. The van der Waals surface area contributed by atoms with E-state index in [1.807, 2.05) is 26.8 Å². The van der Waals surface area contributed by atoms with Crippen LogP contribution in [0.25, 0.3) is 0 Å². The zero-order valence-corrected chi connectivity index (χ0v) is 16.4. The lowest BCUT2D eigenvalue weighted by Gasteiger charge is -2.30. The summed E-state index contributed by atoms with van der Waals surface area (Å²) in [6.45, 7) is 6.86. The first-order chi connectivity index (χ1) is 13.3. The predicted octanol–water partition coefficient (Wildman–Crippen LogP) is 1.73. The van der Waals surface area contributed by atoms with E-state index in [0.717, 1.165) is 6.42 Å². The van der Waals surface area contributed by atoms with Crippen molar-refractivity contribution >= 4 is 12.0 Å². The molecule has 0 N–H and O–H groups in total. The lowest BCUT2D eigenvalue weighted by molar-refractivity contribution is -0.135. The number of hydrogen-bond donors (Lipinski definition) is 0. The molecule has 2 unspecified atom stereocenters. The van der Waals surface area contributed by atoms with Crippen LogP contribution >= 0.6 is 0 Å². The van der Waals surface area contributed by atoms with E-state index in [1.54, 1.807) is 4.90 Å². The van der Waals surface area contributed by atoms with Crippen molar-refractivity contribution < 1.29 is 19.1 Å². The molecule has 2 amide bonds. The minimum Gasteiger partial charge on any atom is -0.470 e. The van der Waals surface area contributed by atoms with E-state index in [0.29, 0.717) is 32.5 Å². The fourth-order valence-corrected chi connectivity index (χ4v) is 3.44. The number of carbonyl (C=O) groups excluding carboxylic acids is 2. The molecule has 0 radical (unpaired) electrons. The van der Waals surface area contributed by atoms with Gasteiger partial charge in [-0.25, -0.2) is 14.8 Å². The highest BCUT2D eigenvalue weighted by Gasteiger charge is 2.40. The molecule has 0 bridgehead atoms. The summed E-state index contributed by atoms with van der Waals surface area (Å²) in [7, 11) is 0. The van der Waals surface area contributed by atoms with Gasteiger partial charge in [0.2, 0.25) is 11.6 Å². The third-order valence-electron chi connectivity index (χ3n) is 4.67. The highest BCUT2D eigenvalue weighted by atomic mass is 16.6. The van der Waals surface area contributed by atoms with Crippen LogP contribution in [-0.2, 0) is 9.53 Å². The van der Waals surface area contributed by atoms with Gasteiger partial charge in [-0.3, -0.25) is 9.69 Å². The SMILES string of the molecule is CC(C)(C)OC(=O)N1CCCC1C(=O)N1CCC(Oc2nccnc2C#N)C1. The maximum absolute atomic E-state index is 13.0. The Morgan fingerprint density at radius 2 is 1.96 bits per heavy atom. The standard InChI is InChI=1S/C19H25N5O4/c1-19(2,3)28-18(26)24-9-4-5-15(24)17(25)23-10-6-13(12-23)27-16-14(11-20)21-7-8-22-16/h7-8,13,15H,4-6,9-10,12H2,1-3H3. The predicted molar refractivity (Wildman–Crippen MR) is 98.3 cm³/mol. The minimum atomic E-state index is -0.602. The Balaban J connectivity index is 1.61. The van der Waals surface area contributed by atoms with Crippen molar-refractivity contribution in [3.63, 3.8) is 0 Å². The van der Waals surface area contributed by atoms with Gasteiger partial charge in [-0.1, -0.05) is 0 Å². The van der Waals surface area contributed by atoms with Crippen LogP contribution in [0.1, 0.15) is 45.7 Å².